The molecule has 0 spiro atoms. The molecule has 0 heterocycles. The molecule has 3 rings (SSSR count). The first-order chi connectivity index (χ1) is 10.7. The first kappa shape index (κ1) is 15.9. The molecule has 0 aromatic heterocycles. The highest BCUT2D eigenvalue weighted by molar-refractivity contribution is 7.88. The minimum atomic E-state index is -5.72. The molecule has 1 aliphatic rings. The molecule has 1 aliphatic carbocycles. The molecule has 0 fully saturated rings. The molecule has 0 radical (unpaired) electrons. The summed E-state index contributed by atoms with van der Waals surface area (Å²) in [5, 5.41) is 0.971. The van der Waals surface area contributed by atoms with Crippen LogP contribution in [0.3, 0.4) is 0 Å². The first-order valence-electron chi connectivity index (χ1n) is 6.93. The molecule has 122 valence electrons. The van der Waals surface area contributed by atoms with Crippen LogP contribution in [0.4, 0.5) is 13.2 Å². The van der Waals surface area contributed by atoms with Gasteiger partial charge in [-0.15, -0.1) is 0 Å². The van der Waals surface area contributed by atoms with E-state index in [9.17, 15) is 21.6 Å². The van der Waals surface area contributed by atoms with Gasteiger partial charge in [0.1, 0.15) is 0 Å². The fraction of sp³-hybridized carbons (Fsp3) is 0.250. The molecule has 1 unspecified atom stereocenters. The van der Waals surface area contributed by atoms with E-state index >= 15 is 0 Å². The summed E-state index contributed by atoms with van der Waals surface area (Å²) in [5.41, 5.74) is -4.31. The predicted octanol–water partition coefficient (Wildman–Crippen LogP) is 4.59. The van der Waals surface area contributed by atoms with Crippen molar-refractivity contribution in [2.45, 2.75) is 24.8 Å². The van der Waals surface area contributed by atoms with E-state index in [1.54, 1.807) is 30.3 Å². The molecule has 23 heavy (non-hydrogen) atoms. The van der Waals surface area contributed by atoms with Crippen molar-refractivity contribution < 1.29 is 25.8 Å². The van der Waals surface area contributed by atoms with Crippen molar-refractivity contribution in [2.75, 3.05) is 0 Å². The minimum Gasteiger partial charge on any atom is -0.375 e. The molecule has 1 atom stereocenters. The minimum absolute atomic E-state index is 0.141. The number of alkyl halides is 3. The summed E-state index contributed by atoms with van der Waals surface area (Å²) in [6, 6.07) is 8.44. The Hall–Kier alpha value is -2.02. The normalized spacial score (nSPS) is 18.0. The quantitative estimate of drug-likeness (QED) is 0.592. The zero-order chi connectivity index (χ0) is 16.8. The van der Waals surface area contributed by atoms with Crippen molar-refractivity contribution in [3.05, 3.63) is 47.5 Å². The van der Waals surface area contributed by atoms with Crippen LogP contribution in [0, 0.1) is 0 Å². The first-order valence-corrected chi connectivity index (χ1v) is 8.34. The van der Waals surface area contributed by atoms with E-state index in [4.69, 9.17) is 0 Å². The lowest BCUT2D eigenvalue weighted by molar-refractivity contribution is -0.0499. The molecule has 0 N–H and O–H groups in total. The van der Waals surface area contributed by atoms with Gasteiger partial charge in [-0.2, -0.15) is 21.6 Å². The Morgan fingerprint density at radius 2 is 1.91 bits per heavy atom. The highest BCUT2D eigenvalue weighted by atomic mass is 32.2. The number of allylic oxidation sites excluding steroid dienone is 1. The van der Waals surface area contributed by atoms with Crippen LogP contribution in [0.25, 0.3) is 16.8 Å². The molecular formula is C16H13F3O3S. The molecule has 0 amide bonds. The second kappa shape index (κ2) is 5.26. The van der Waals surface area contributed by atoms with Gasteiger partial charge >= 0.3 is 15.6 Å². The average molecular weight is 342 g/mol. The van der Waals surface area contributed by atoms with Gasteiger partial charge in [0.25, 0.3) is 0 Å². The number of hydrogen-bond acceptors (Lipinski definition) is 3. The summed E-state index contributed by atoms with van der Waals surface area (Å²) < 4.78 is 65.7. The molecule has 2 aromatic rings. The van der Waals surface area contributed by atoms with Gasteiger partial charge in [0, 0.05) is 10.9 Å². The summed E-state index contributed by atoms with van der Waals surface area (Å²) in [6.45, 7) is 1.82. The number of benzene rings is 2. The van der Waals surface area contributed by atoms with E-state index in [2.05, 4.69) is 4.18 Å². The number of rotatable bonds is 2. The Morgan fingerprint density at radius 3 is 2.61 bits per heavy atom. The van der Waals surface area contributed by atoms with E-state index in [1.807, 2.05) is 19.1 Å². The lowest BCUT2D eigenvalue weighted by atomic mass is 9.85. The van der Waals surface area contributed by atoms with Crippen molar-refractivity contribution in [1.82, 2.24) is 0 Å². The fourth-order valence-corrected chi connectivity index (χ4v) is 3.25. The van der Waals surface area contributed by atoms with Gasteiger partial charge < -0.3 is 4.18 Å². The Kier molecular flexibility index (Phi) is 3.63. The third-order valence-corrected chi connectivity index (χ3v) is 4.78. The standard InChI is InChI=1S/C16H13F3O3S/c1-10-5-4-7-12-9-11-6-2-3-8-13(11)15(14(10)12)22-23(20,21)16(17,18)19/h2-4,6-10H,5H2,1H3. The van der Waals surface area contributed by atoms with E-state index in [0.29, 0.717) is 28.3 Å². The Balaban J connectivity index is 2.30. The molecule has 0 saturated heterocycles. The Bertz CT molecular complexity index is 899. The van der Waals surface area contributed by atoms with Crippen LogP contribution < -0.4 is 4.18 Å². The summed E-state index contributed by atoms with van der Waals surface area (Å²) in [5.74, 6) is -0.370. The van der Waals surface area contributed by atoms with E-state index in [0.717, 1.165) is 0 Å². The van der Waals surface area contributed by atoms with Gasteiger partial charge in [0.2, 0.25) is 0 Å². The van der Waals surface area contributed by atoms with Crippen LogP contribution in [-0.4, -0.2) is 13.9 Å². The van der Waals surface area contributed by atoms with Crippen molar-refractivity contribution in [1.29, 1.82) is 0 Å². The zero-order valence-corrected chi connectivity index (χ0v) is 12.9. The van der Waals surface area contributed by atoms with Gasteiger partial charge in [-0.1, -0.05) is 43.3 Å². The molecule has 7 heteroatoms. The summed E-state index contributed by atoms with van der Waals surface area (Å²) in [7, 11) is -5.72. The molecule has 3 nitrogen and oxygen atoms in total. The Labute approximate surface area is 131 Å². The van der Waals surface area contributed by atoms with Gasteiger partial charge in [-0.25, -0.2) is 0 Å². The predicted molar refractivity (Wildman–Crippen MR) is 81.6 cm³/mol. The largest absolute Gasteiger partial charge is 0.534 e. The third kappa shape index (κ3) is 2.69. The van der Waals surface area contributed by atoms with Gasteiger partial charge in [0.05, 0.1) is 0 Å². The van der Waals surface area contributed by atoms with Gasteiger partial charge in [0.15, 0.2) is 5.75 Å². The second-order valence-corrected chi connectivity index (χ2v) is 6.99. The van der Waals surface area contributed by atoms with Crippen molar-refractivity contribution >= 4 is 27.0 Å². The molecule has 0 saturated carbocycles. The molecule has 0 bridgehead atoms. The highest BCUT2D eigenvalue weighted by Crippen LogP contribution is 2.43. The van der Waals surface area contributed by atoms with E-state index < -0.39 is 15.6 Å². The number of hydrogen-bond donors (Lipinski definition) is 0. The maximum absolute atomic E-state index is 12.7. The summed E-state index contributed by atoms with van der Waals surface area (Å²) in [6.07, 6.45) is 4.28. The van der Waals surface area contributed by atoms with Gasteiger partial charge in [-0.05, 0) is 29.4 Å². The average Bonchev–Trinajstić information content (AvgIpc) is 2.45. The monoisotopic (exact) mass is 342 g/mol. The smallest absolute Gasteiger partial charge is 0.375 e. The maximum Gasteiger partial charge on any atom is 0.534 e. The topological polar surface area (TPSA) is 43.4 Å². The molecule has 0 aliphatic heterocycles. The lowest BCUT2D eigenvalue weighted by Crippen LogP contribution is -2.28. The molecular weight excluding hydrogens is 329 g/mol. The zero-order valence-electron chi connectivity index (χ0n) is 12.1. The summed E-state index contributed by atoms with van der Waals surface area (Å²) in [4.78, 5) is 0. The second-order valence-electron chi connectivity index (χ2n) is 5.45. The van der Waals surface area contributed by atoms with Crippen LogP contribution in [0.15, 0.2) is 36.4 Å². The van der Waals surface area contributed by atoms with Crippen molar-refractivity contribution in [2.24, 2.45) is 0 Å². The van der Waals surface area contributed by atoms with Crippen LogP contribution in [-0.2, 0) is 10.1 Å². The fourth-order valence-electron chi connectivity index (χ4n) is 2.76. The SMILES string of the molecule is CC1CC=Cc2cc3ccccc3c(OS(=O)(=O)C(F)(F)F)c21. The number of fused-ring (bicyclic) bond motifs is 2. The number of halogens is 3. The van der Waals surface area contributed by atoms with Crippen LogP contribution >= 0.6 is 0 Å². The van der Waals surface area contributed by atoms with Crippen molar-refractivity contribution in [3.63, 3.8) is 0 Å². The van der Waals surface area contributed by atoms with Crippen LogP contribution in [0.5, 0.6) is 5.75 Å². The Morgan fingerprint density at radius 1 is 1.22 bits per heavy atom. The molecule has 2 aromatic carbocycles. The highest BCUT2D eigenvalue weighted by Gasteiger charge is 2.49. The van der Waals surface area contributed by atoms with Crippen molar-refractivity contribution in [3.8, 4) is 5.75 Å². The van der Waals surface area contributed by atoms with Crippen LogP contribution in [0.2, 0.25) is 0 Å². The van der Waals surface area contributed by atoms with Gasteiger partial charge in [-0.3, -0.25) is 0 Å². The third-order valence-electron chi connectivity index (χ3n) is 3.83. The van der Waals surface area contributed by atoms with E-state index in [-0.39, 0.29) is 11.7 Å². The lowest BCUT2D eigenvalue weighted by Gasteiger charge is -2.23. The van der Waals surface area contributed by atoms with E-state index in [1.165, 1.54) is 0 Å². The van der Waals surface area contributed by atoms with Crippen LogP contribution in [0.1, 0.15) is 30.4 Å². The summed E-state index contributed by atoms with van der Waals surface area (Å²) >= 11 is 0. The maximum atomic E-state index is 12.7.